The third-order valence-corrected chi connectivity index (χ3v) is 1.72. The lowest BCUT2D eigenvalue weighted by atomic mass is 10.1. The van der Waals surface area contributed by atoms with E-state index in [-0.39, 0.29) is 12.1 Å². The maximum atomic E-state index is 11.2. The third kappa shape index (κ3) is 3.32. The fourth-order valence-electron chi connectivity index (χ4n) is 1.25. The van der Waals surface area contributed by atoms with E-state index in [1.807, 2.05) is 13.8 Å². The van der Waals surface area contributed by atoms with Crippen molar-refractivity contribution in [2.45, 2.75) is 33.0 Å². The minimum Gasteiger partial charge on any atom is -0.350 e. The summed E-state index contributed by atoms with van der Waals surface area (Å²) in [7, 11) is 0. The van der Waals surface area contributed by atoms with Gasteiger partial charge < -0.3 is 9.47 Å². The SMILES string of the molecule is CC(C)CC(=O)CC1OCCO1. The molecule has 1 aliphatic rings. The van der Waals surface area contributed by atoms with Crippen molar-refractivity contribution in [3.8, 4) is 0 Å². The monoisotopic (exact) mass is 172 g/mol. The second-order valence-corrected chi connectivity index (χ2v) is 3.51. The van der Waals surface area contributed by atoms with E-state index in [9.17, 15) is 4.79 Å². The van der Waals surface area contributed by atoms with Crippen LogP contribution in [0.25, 0.3) is 0 Å². The predicted molar refractivity (Wildman–Crippen MR) is 44.8 cm³/mol. The Morgan fingerprint density at radius 1 is 1.42 bits per heavy atom. The summed E-state index contributed by atoms with van der Waals surface area (Å²) in [5.74, 6) is 0.663. The van der Waals surface area contributed by atoms with E-state index in [1.54, 1.807) is 0 Å². The topological polar surface area (TPSA) is 35.5 Å². The number of hydrogen-bond donors (Lipinski definition) is 0. The number of ketones is 1. The molecule has 1 saturated heterocycles. The lowest BCUT2D eigenvalue weighted by Crippen LogP contribution is -2.15. The van der Waals surface area contributed by atoms with E-state index in [1.165, 1.54) is 0 Å². The molecule has 3 heteroatoms. The smallest absolute Gasteiger partial charge is 0.164 e. The summed E-state index contributed by atoms with van der Waals surface area (Å²) in [6.45, 7) is 5.32. The number of rotatable bonds is 4. The van der Waals surface area contributed by atoms with E-state index in [0.29, 0.717) is 32.0 Å². The zero-order chi connectivity index (χ0) is 8.97. The zero-order valence-electron chi connectivity index (χ0n) is 7.71. The average molecular weight is 172 g/mol. The van der Waals surface area contributed by atoms with Crippen LogP contribution in [0.4, 0.5) is 0 Å². The molecule has 3 nitrogen and oxygen atoms in total. The number of carbonyl (C=O) groups excluding carboxylic acids is 1. The van der Waals surface area contributed by atoms with Crippen LogP contribution in [-0.2, 0) is 14.3 Å². The first-order valence-corrected chi connectivity index (χ1v) is 4.43. The van der Waals surface area contributed by atoms with Gasteiger partial charge in [0.1, 0.15) is 5.78 Å². The molecule has 1 rings (SSSR count). The Kier molecular flexibility index (Phi) is 3.69. The summed E-state index contributed by atoms with van der Waals surface area (Å²) >= 11 is 0. The van der Waals surface area contributed by atoms with Crippen molar-refractivity contribution < 1.29 is 14.3 Å². The van der Waals surface area contributed by atoms with Crippen LogP contribution >= 0.6 is 0 Å². The average Bonchev–Trinajstić information content (AvgIpc) is 2.37. The highest BCUT2D eigenvalue weighted by Gasteiger charge is 2.19. The quantitative estimate of drug-likeness (QED) is 0.642. The summed E-state index contributed by atoms with van der Waals surface area (Å²) in [5.41, 5.74) is 0. The van der Waals surface area contributed by atoms with E-state index in [4.69, 9.17) is 9.47 Å². The molecule has 0 saturated carbocycles. The van der Waals surface area contributed by atoms with Crippen LogP contribution in [-0.4, -0.2) is 25.3 Å². The highest BCUT2D eigenvalue weighted by molar-refractivity contribution is 5.78. The Labute approximate surface area is 73.0 Å². The molecular formula is C9H16O3. The predicted octanol–water partition coefficient (Wildman–Crippen LogP) is 1.36. The van der Waals surface area contributed by atoms with Crippen LogP contribution in [0.2, 0.25) is 0 Å². The van der Waals surface area contributed by atoms with Gasteiger partial charge in [0.05, 0.1) is 19.6 Å². The molecule has 0 bridgehead atoms. The Morgan fingerprint density at radius 3 is 2.50 bits per heavy atom. The van der Waals surface area contributed by atoms with Crippen LogP contribution < -0.4 is 0 Å². The van der Waals surface area contributed by atoms with Gasteiger partial charge in [0, 0.05) is 6.42 Å². The second-order valence-electron chi connectivity index (χ2n) is 3.51. The molecule has 0 spiro atoms. The van der Waals surface area contributed by atoms with Crippen LogP contribution in [0.15, 0.2) is 0 Å². The molecule has 70 valence electrons. The normalized spacial score (nSPS) is 18.9. The molecule has 0 amide bonds. The Hall–Kier alpha value is -0.410. The van der Waals surface area contributed by atoms with Gasteiger partial charge in [-0.2, -0.15) is 0 Å². The summed E-state index contributed by atoms with van der Waals surface area (Å²) < 4.78 is 10.3. The lowest BCUT2D eigenvalue weighted by molar-refractivity contribution is -0.128. The van der Waals surface area contributed by atoms with Gasteiger partial charge in [-0.05, 0) is 5.92 Å². The highest BCUT2D eigenvalue weighted by atomic mass is 16.7. The van der Waals surface area contributed by atoms with E-state index in [0.717, 1.165) is 0 Å². The molecule has 0 aliphatic carbocycles. The maximum absolute atomic E-state index is 11.2. The maximum Gasteiger partial charge on any atom is 0.164 e. The number of carbonyl (C=O) groups is 1. The van der Waals surface area contributed by atoms with Crippen molar-refractivity contribution in [1.29, 1.82) is 0 Å². The van der Waals surface area contributed by atoms with Gasteiger partial charge in [-0.3, -0.25) is 4.79 Å². The van der Waals surface area contributed by atoms with Crippen molar-refractivity contribution in [1.82, 2.24) is 0 Å². The Balaban J connectivity index is 2.16. The number of ether oxygens (including phenoxy) is 2. The van der Waals surface area contributed by atoms with Crippen molar-refractivity contribution in [3.05, 3.63) is 0 Å². The number of Topliss-reactive ketones (excluding diaryl/α,β-unsaturated/α-hetero) is 1. The van der Waals surface area contributed by atoms with E-state index in [2.05, 4.69) is 0 Å². The second kappa shape index (κ2) is 4.58. The molecule has 0 unspecified atom stereocenters. The minimum atomic E-state index is -0.267. The van der Waals surface area contributed by atoms with Crippen molar-refractivity contribution in [2.75, 3.05) is 13.2 Å². The van der Waals surface area contributed by atoms with Crippen LogP contribution in [0.3, 0.4) is 0 Å². The molecule has 0 radical (unpaired) electrons. The highest BCUT2D eigenvalue weighted by Crippen LogP contribution is 2.11. The summed E-state index contributed by atoms with van der Waals surface area (Å²) in [5, 5.41) is 0. The first kappa shape index (κ1) is 9.68. The van der Waals surface area contributed by atoms with Gasteiger partial charge in [-0.1, -0.05) is 13.8 Å². The third-order valence-electron chi connectivity index (χ3n) is 1.72. The molecule has 12 heavy (non-hydrogen) atoms. The first-order valence-electron chi connectivity index (χ1n) is 4.43. The molecule has 0 aromatic carbocycles. The van der Waals surface area contributed by atoms with Gasteiger partial charge >= 0.3 is 0 Å². The van der Waals surface area contributed by atoms with Gasteiger partial charge in [0.25, 0.3) is 0 Å². The Bertz CT molecular complexity index is 148. The molecule has 0 atom stereocenters. The molecular weight excluding hydrogens is 156 g/mol. The lowest BCUT2D eigenvalue weighted by Gasteiger charge is -2.08. The molecule has 1 heterocycles. The summed E-state index contributed by atoms with van der Waals surface area (Å²) in [6, 6.07) is 0. The minimum absolute atomic E-state index is 0.233. The van der Waals surface area contributed by atoms with Crippen molar-refractivity contribution >= 4 is 5.78 Å². The van der Waals surface area contributed by atoms with Crippen molar-refractivity contribution in [3.63, 3.8) is 0 Å². The van der Waals surface area contributed by atoms with Gasteiger partial charge in [-0.15, -0.1) is 0 Å². The van der Waals surface area contributed by atoms with Crippen molar-refractivity contribution in [2.24, 2.45) is 5.92 Å². The molecule has 1 fully saturated rings. The van der Waals surface area contributed by atoms with Crippen LogP contribution in [0.5, 0.6) is 0 Å². The van der Waals surface area contributed by atoms with E-state index < -0.39 is 0 Å². The molecule has 0 aromatic heterocycles. The fourth-order valence-corrected chi connectivity index (χ4v) is 1.25. The summed E-state index contributed by atoms with van der Waals surface area (Å²) in [4.78, 5) is 11.2. The standard InChI is InChI=1S/C9H16O3/c1-7(2)5-8(10)6-9-11-3-4-12-9/h7,9H,3-6H2,1-2H3. The Morgan fingerprint density at radius 2 is 2.00 bits per heavy atom. The first-order chi connectivity index (χ1) is 5.68. The van der Waals surface area contributed by atoms with Gasteiger partial charge in [0.15, 0.2) is 6.29 Å². The molecule has 0 N–H and O–H groups in total. The molecule has 1 aliphatic heterocycles. The molecule has 0 aromatic rings. The van der Waals surface area contributed by atoms with Crippen LogP contribution in [0, 0.1) is 5.92 Å². The van der Waals surface area contributed by atoms with Gasteiger partial charge in [0.2, 0.25) is 0 Å². The van der Waals surface area contributed by atoms with Gasteiger partial charge in [-0.25, -0.2) is 0 Å². The van der Waals surface area contributed by atoms with Crippen LogP contribution in [0.1, 0.15) is 26.7 Å². The largest absolute Gasteiger partial charge is 0.350 e. The zero-order valence-corrected chi connectivity index (χ0v) is 7.71. The number of hydrogen-bond acceptors (Lipinski definition) is 3. The van der Waals surface area contributed by atoms with E-state index >= 15 is 0 Å². The fraction of sp³-hybridized carbons (Fsp3) is 0.889. The summed E-state index contributed by atoms with van der Waals surface area (Å²) in [6.07, 6.45) is 0.776.